The number of aliphatic carboxylic acids is 1. The highest BCUT2D eigenvalue weighted by Gasteiger charge is 2.41. The number of nitrogens with one attached hydrogen (secondary N) is 1. The zero-order valence-electron chi connectivity index (χ0n) is 14.2. The number of likely N-dealkylation sites (N-methyl/N-ethyl adjacent to an activating group) is 1. The van der Waals surface area contributed by atoms with Gasteiger partial charge in [0.1, 0.15) is 17.0 Å². The van der Waals surface area contributed by atoms with Gasteiger partial charge in [-0.05, 0) is 39.3 Å². The Labute approximate surface area is 141 Å². The number of rotatable bonds is 6. The van der Waals surface area contributed by atoms with Crippen LogP contribution in [0, 0.1) is 0 Å². The lowest BCUT2D eigenvalue weighted by molar-refractivity contribution is -0.139. The van der Waals surface area contributed by atoms with Crippen LogP contribution in [0.1, 0.15) is 49.5 Å². The number of aromatic nitrogens is 1. The molecule has 24 heavy (non-hydrogen) atoms. The molecule has 130 valence electrons. The van der Waals surface area contributed by atoms with Crippen LogP contribution in [0.2, 0.25) is 0 Å². The van der Waals surface area contributed by atoms with E-state index in [0.717, 1.165) is 18.4 Å². The molecule has 3 rings (SSSR count). The number of nitrogens with zero attached hydrogens (tertiary/aromatic N) is 2. The van der Waals surface area contributed by atoms with Gasteiger partial charge in [0.15, 0.2) is 0 Å². The third kappa shape index (κ3) is 2.96. The highest BCUT2D eigenvalue weighted by atomic mass is 16.6. The lowest BCUT2D eigenvalue weighted by Gasteiger charge is -2.42. The second-order valence-corrected chi connectivity index (χ2v) is 6.91. The standard InChI is InChI=1S/C17H23N3O4/c1-4-20(9-13(21)22)11-7-10(8-11)19-15-14-12(5-6-18-15)17(2,3)24-16(14)23/h5-6,10-11H,4,7-9H2,1-3H3,(H,18,19)(H,21,22). The van der Waals surface area contributed by atoms with E-state index in [1.807, 2.05) is 31.7 Å². The summed E-state index contributed by atoms with van der Waals surface area (Å²) in [6, 6.07) is 2.26. The molecule has 0 amide bonds. The summed E-state index contributed by atoms with van der Waals surface area (Å²) in [5.74, 6) is -0.587. The van der Waals surface area contributed by atoms with E-state index in [-0.39, 0.29) is 24.6 Å². The Balaban J connectivity index is 1.67. The molecule has 1 fully saturated rings. The fourth-order valence-corrected chi connectivity index (χ4v) is 3.49. The van der Waals surface area contributed by atoms with Gasteiger partial charge in [-0.2, -0.15) is 0 Å². The maximum absolute atomic E-state index is 12.2. The number of pyridine rings is 1. The minimum absolute atomic E-state index is 0.0629. The summed E-state index contributed by atoms with van der Waals surface area (Å²) in [5, 5.41) is 12.3. The lowest BCUT2D eigenvalue weighted by Crippen LogP contribution is -2.51. The van der Waals surface area contributed by atoms with E-state index >= 15 is 0 Å². The molecule has 1 aromatic rings. The van der Waals surface area contributed by atoms with Gasteiger partial charge in [-0.15, -0.1) is 0 Å². The van der Waals surface area contributed by atoms with Crippen LogP contribution in [-0.4, -0.2) is 52.1 Å². The molecule has 2 N–H and O–H groups in total. The van der Waals surface area contributed by atoms with Crippen LogP contribution in [0.3, 0.4) is 0 Å². The van der Waals surface area contributed by atoms with Gasteiger partial charge in [-0.25, -0.2) is 9.78 Å². The Bertz CT molecular complexity index is 668. The normalized spacial score (nSPS) is 24.2. The van der Waals surface area contributed by atoms with Crippen LogP contribution in [0.15, 0.2) is 12.3 Å². The van der Waals surface area contributed by atoms with E-state index in [2.05, 4.69) is 10.3 Å². The Morgan fingerprint density at radius 3 is 2.83 bits per heavy atom. The van der Waals surface area contributed by atoms with Crippen molar-refractivity contribution < 1.29 is 19.4 Å². The van der Waals surface area contributed by atoms with Gasteiger partial charge in [0.05, 0.1) is 6.54 Å². The van der Waals surface area contributed by atoms with Gasteiger partial charge in [0.25, 0.3) is 0 Å². The van der Waals surface area contributed by atoms with Crippen LogP contribution in [0.4, 0.5) is 5.82 Å². The van der Waals surface area contributed by atoms with Gasteiger partial charge in [0.2, 0.25) is 0 Å². The summed E-state index contributed by atoms with van der Waals surface area (Å²) in [6.45, 7) is 6.47. The Kier molecular flexibility index (Phi) is 4.21. The predicted octanol–water partition coefficient (Wildman–Crippen LogP) is 1.84. The van der Waals surface area contributed by atoms with Crippen molar-refractivity contribution >= 4 is 17.8 Å². The Hall–Kier alpha value is -2.15. The van der Waals surface area contributed by atoms with E-state index in [0.29, 0.717) is 17.9 Å². The minimum atomic E-state index is -0.805. The maximum atomic E-state index is 12.2. The SMILES string of the molecule is CCN(CC(=O)O)C1CC(Nc2nccc3c2C(=O)OC3(C)C)C1. The summed E-state index contributed by atoms with van der Waals surface area (Å²) in [4.78, 5) is 29.3. The molecule has 0 bridgehead atoms. The van der Waals surface area contributed by atoms with Crippen molar-refractivity contribution in [2.45, 2.75) is 51.3 Å². The minimum Gasteiger partial charge on any atom is -0.480 e. The second kappa shape index (κ2) is 6.05. The zero-order valence-corrected chi connectivity index (χ0v) is 14.2. The molecule has 1 aromatic heterocycles. The number of fused-ring (bicyclic) bond motifs is 1. The summed E-state index contributed by atoms with van der Waals surface area (Å²) in [7, 11) is 0. The monoisotopic (exact) mass is 333 g/mol. The largest absolute Gasteiger partial charge is 0.480 e. The highest BCUT2D eigenvalue weighted by molar-refractivity contribution is 5.99. The highest BCUT2D eigenvalue weighted by Crippen LogP contribution is 2.39. The number of carboxylic acid groups (broad SMARTS) is 1. The van der Waals surface area contributed by atoms with Crippen LogP contribution in [-0.2, 0) is 15.1 Å². The zero-order chi connectivity index (χ0) is 17.5. The molecule has 1 saturated carbocycles. The molecule has 0 radical (unpaired) electrons. The first-order chi connectivity index (χ1) is 11.3. The number of carbonyl (C=O) groups excluding carboxylic acids is 1. The van der Waals surface area contributed by atoms with E-state index < -0.39 is 11.6 Å². The third-order valence-corrected chi connectivity index (χ3v) is 4.87. The molecule has 0 unspecified atom stereocenters. The predicted molar refractivity (Wildman–Crippen MR) is 88.0 cm³/mol. The number of hydrogen-bond donors (Lipinski definition) is 2. The fraction of sp³-hybridized carbons (Fsp3) is 0.588. The maximum Gasteiger partial charge on any atom is 0.343 e. The Morgan fingerprint density at radius 2 is 2.21 bits per heavy atom. The van der Waals surface area contributed by atoms with Crippen molar-refractivity contribution in [1.82, 2.24) is 9.88 Å². The number of ether oxygens (including phenoxy) is 1. The topological polar surface area (TPSA) is 91.8 Å². The number of hydrogen-bond acceptors (Lipinski definition) is 6. The molecule has 0 atom stereocenters. The van der Waals surface area contributed by atoms with Gasteiger partial charge >= 0.3 is 11.9 Å². The third-order valence-electron chi connectivity index (χ3n) is 4.87. The van der Waals surface area contributed by atoms with Crippen LogP contribution >= 0.6 is 0 Å². The van der Waals surface area contributed by atoms with Crippen LogP contribution < -0.4 is 5.32 Å². The van der Waals surface area contributed by atoms with Crippen molar-refractivity contribution in [3.63, 3.8) is 0 Å². The molecular formula is C17H23N3O4. The summed E-state index contributed by atoms with van der Waals surface area (Å²) < 4.78 is 5.42. The number of cyclic esters (lactones) is 1. The molecule has 7 heteroatoms. The molecular weight excluding hydrogens is 310 g/mol. The van der Waals surface area contributed by atoms with Gasteiger partial charge < -0.3 is 15.2 Å². The molecule has 0 spiro atoms. The summed E-state index contributed by atoms with van der Waals surface area (Å²) >= 11 is 0. The molecule has 0 saturated heterocycles. The number of anilines is 1. The lowest BCUT2D eigenvalue weighted by atomic mass is 9.85. The smallest absolute Gasteiger partial charge is 0.343 e. The van der Waals surface area contributed by atoms with Crippen molar-refractivity contribution in [3.8, 4) is 0 Å². The van der Waals surface area contributed by atoms with Crippen molar-refractivity contribution in [2.75, 3.05) is 18.4 Å². The number of carboxylic acids is 1. The Morgan fingerprint density at radius 1 is 1.50 bits per heavy atom. The average molecular weight is 333 g/mol. The summed E-state index contributed by atoms with van der Waals surface area (Å²) in [5.41, 5.74) is 0.736. The molecule has 2 aliphatic rings. The first-order valence-corrected chi connectivity index (χ1v) is 8.27. The van der Waals surface area contributed by atoms with Crippen LogP contribution in [0.5, 0.6) is 0 Å². The van der Waals surface area contributed by atoms with Gasteiger partial charge in [0, 0.05) is 23.8 Å². The molecule has 1 aliphatic carbocycles. The number of esters is 1. The molecule has 7 nitrogen and oxygen atoms in total. The second-order valence-electron chi connectivity index (χ2n) is 6.91. The van der Waals surface area contributed by atoms with Crippen molar-refractivity contribution in [2.24, 2.45) is 0 Å². The van der Waals surface area contributed by atoms with E-state index in [9.17, 15) is 9.59 Å². The van der Waals surface area contributed by atoms with Gasteiger partial charge in [-0.1, -0.05) is 6.92 Å². The first kappa shape index (κ1) is 16.7. The summed E-state index contributed by atoms with van der Waals surface area (Å²) in [6.07, 6.45) is 3.36. The molecule has 0 aromatic carbocycles. The van der Waals surface area contributed by atoms with E-state index in [1.54, 1.807) is 6.20 Å². The number of carbonyl (C=O) groups is 2. The van der Waals surface area contributed by atoms with Crippen molar-refractivity contribution in [3.05, 3.63) is 23.4 Å². The van der Waals surface area contributed by atoms with Crippen molar-refractivity contribution in [1.29, 1.82) is 0 Å². The first-order valence-electron chi connectivity index (χ1n) is 8.27. The van der Waals surface area contributed by atoms with Crippen LogP contribution in [0.25, 0.3) is 0 Å². The van der Waals surface area contributed by atoms with Gasteiger partial charge in [-0.3, -0.25) is 9.69 Å². The average Bonchev–Trinajstić information content (AvgIpc) is 2.70. The quantitative estimate of drug-likeness (QED) is 0.767. The molecule has 1 aliphatic heterocycles. The molecule has 2 heterocycles. The van der Waals surface area contributed by atoms with E-state index in [1.165, 1.54) is 0 Å². The fourth-order valence-electron chi connectivity index (χ4n) is 3.49. The van der Waals surface area contributed by atoms with E-state index in [4.69, 9.17) is 9.84 Å².